The van der Waals surface area contributed by atoms with Crippen molar-refractivity contribution in [1.82, 2.24) is 0 Å². The Morgan fingerprint density at radius 3 is 2.40 bits per heavy atom. The van der Waals surface area contributed by atoms with Gasteiger partial charge in [0, 0.05) is 0 Å². The molecule has 1 atom stereocenters. The minimum absolute atomic E-state index is 0.429. The molecule has 1 rings (SSSR count). The van der Waals surface area contributed by atoms with Gasteiger partial charge in [0.05, 0.1) is 13.2 Å². The average Bonchev–Trinajstić information content (AvgIpc) is 2.40. The normalized spacial score (nSPS) is 13.6. The number of carbonyl (C=O) groups is 1. The van der Waals surface area contributed by atoms with Gasteiger partial charge >= 0.3 is 5.97 Å². The lowest BCUT2D eigenvalue weighted by molar-refractivity contribution is -0.142. The molecule has 5 heteroatoms. The van der Waals surface area contributed by atoms with Crippen LogP contribution < -0.4 is 15.2 Å². The first kappa shape index (κ1) is 16.3. The van der Waals surface area contributed by atoms with Gasteiger partial charge in [0.1, 0.15) is 5.54 Å². The first-order valence-corrected chi connectivity index (χ1v) is 6.84. The molecule has 0 aliphatic heterocycles. The third-order valence-electron chi connectivity index (χ3n) is 2.99. The van der Waals surface area contributed by atoms with E-state index < -0.39 is 11.5 Å². The number of para-hydroxylation sites is 2. The lowest BCUT2D eigenvalue weighted by Gasteiger charge is -2.18. The number of carboxylic acid groups (broad SMARTS) is 1. The van der Waals surface area contributed by atoms with Crippen LogP contribution in [0.25, 0.3) is 0 Å². The van der Waals surface area contributed by atoms with Crippen molar-refractivity contribution in [3.05, 3.63) is 24.3 Å². The van der Waals surface area contributed by atoms with Gasteiger partial charge < -0.3 is 20.3 Å². The van der Waals surface area contributed by atoms with Crippen molar-refractivity contribution in [2.75, 3.05) is 13.2 Å². The highest BCUT2D eigenvalue weighted by atomic mass is 16.5. The SMILES string of the molecule is CCOc1ccccc1OCCCCC(C)(N)C(=O)O. The van der Waals surface area contributed by atoms with E-state index in [0.29, 0.717) is 31.8 Å². The smallest absolute Gasteiger partial charge is 0.323 e. The molecular formula is C15H23NO4. The van der Waals surface area contributed by atoms with E-state index >= 15 is 0 Å². The zero-order valence-electron chi connectivity index (χ0n) is 12.1. The van der Waals surface area contributed by atoms with Gasteiger partial charge in [0.2, 0.25) is 0 Å². The van der Waals surface area contributed by atoms with Gasteiger partial charge in [-0.25, -0.2) is 0 Å². The summed E-state index contributed by atoms with van der Waals surface area (Å²) in [5, 5.41) is 8.90. The third-order valence-corrected chi connectivity index (χ3v) is 2.99. The predicted molar refractivity (Wildman–Crippen MR) is 77.2 cm³/mol. The molecule has 1 aromatic rings. The highest BCUT2D eigenvalue weighted by Gasteiger charge is 2.26. The lowest BCUT2D eigenvalue weighted by atomic mass is 9.97. The van der Waals surface area contributed by atoms with Crippen LogP contribution in [0.15, 0.2) is 24.3 Å². The molecule has 0 saturated carbocycles. The van der Waals surface area contributed by atoms with E-state index in [1.165, 1.54) is 6.92 Å². The molecule has 0 aromatic heterocycles. The summed E-state index contributed by atoms with van der Waals surface area (Å²) < 4.78 is 11.1. The number of aliphatic carboxylic acids is 1. The van der Waals surface area contributed by atoms with Crippen molar-refractivity contribution >= 4 is 5.97 Å². The van der Waals surface area contributed by atoms with Crippen molar-refractivity contribution < 1.29 is 19.4 Å². The summed E-state index contributed by atoms with van der Waals surface area (Å²) in [6.45, 7) is 4.55. The summed E-state index contributed by atoms with van der Waals surface area (Å²) >= 11 is 0. The monoisotopic (exact) mass is 281 g/mol. The molecule has 1 unspecified atom stereocenters. The van der Waals surface area contributed by atoms with Crippen LogP contribution in [0.5, 0.6) is 11.5 Å². The zero-order chi connectivity index (χ0) is 15.0. The van der Waals surface area contributed by atoms with Crippen molar-refractivity contribution in [1.29, 1.82) is 0 Å². The van der Waals surface area contributed by atoms with E-state index in [-0.39, 0.29) is 0 Å². The molecule has 0 bridgehead atoms. The van der Waals surface area contributed by atoms with Crippen LogP contribution in [-0.2, 0) is 4.79 Å². The number of nitrogens with two attached hydrogens (primary N) is 1. The highest BCUT2D eigenvalue weighted by Crippen LogP contribution is 2.26. The molecule has 20 heavy (non-hydrogen) atoms. The third kappa shape index (κ3) is 5.09. The summed E-state index contributed by atoms with van der Waals surface area (Å²) in [4.78, 5) is 10.9. The fraction of sp³-hybridized carbons (Fsp3) is 0.533. The Balaban J connectivity index is 2.33. The molecule has 0 spiro atoms. The summed E-state index contributed by atoms with van der Waals surface area (Å²) in [5.41, 5.74) is 4.49. The van der Waals surface area contributed by atoms with Crippen molar-refractivity contribution in [2.24, 2.45) is 5.73 Å². The molecule has 0 saturated heterocycles. The number of hydrogen-bond donors (Lipinski definition) is 2. The molecule has 5 nitrogen and oxygen atoms in total. The van der Waals surface area contributed by atoms with Crippen LogP contribution in [0.3, 0.4) is 0 Å². The Kier molecular flexibility index (Phi) is 6.31. The molecule has 0 heterocycles. The Morgan fingerprint density at radius 2 is 1.85 bits per heavy atom. The molecule has 112 valence electrons. The van der Waals surface area contributed by atoms with E-state index in [2.05, 4.69) is 0 Å². The van der Waals surface area contributed by atoms with Crippen LogP contribution in [0.2, 0.25) is 0 Å². The summed E-state index contributed by atoms with van der Waals surface area (Å²) in [6, 6.07) is 7.50. The maximum absolute atomic E-state index is 10.9. The Bertz CT molecular complexity index is 432. The molecule has 0 amide bonds. The Hall–Kier alpha value is -1.75. The largest absolute Gasteiger partial charge is 0.490 e. The topological polar surface area (TPSA) is 81.8 Å². The molecular weight excluding hydrogens is 258 g/mol. The molecule has 0 radical (unpaired) electrons. The van der Waals surface area contributed by atoms with Gasteiger partial charge in [0.15, 0.2) is 11.5 Å². The predicted octanol–water partition coefficient (Wildman–Crippen LogP) is 2.44. The van der Waals surface area contributed by atoms with Crippen LogP contribution in [0, 0.1) is 0 Å². The van der Waals surface area contributed by atoms with Crippen LogP contribution >= 0.6 is 0 Å². The second kappa shape index (κ2) is 7.75. The quantitative estimate of drug-likeness (QED) is 0.679. The van der Waals surface area contributed by atoms with Crippen molar-refractivity contribution in [3.63, 3.8) is 0 Å². The molecule has 0 aliphatic rings. The van der Waals surface area contributed by atoms with Gasteiger partial charge in [-0.05, 0) is 45.2 Å². The first-order chi connectivity index (χ1) is 9.47. The lowest BCUT2D eigenvalue weighted by Crippen LogP contribution is -2.44. The van der Waals surface area contributed by atoms with Gasteiger partial charge in [-0.1, -0.05) is 12.1 Å². The number of benzene rings is 1. The standard InChI is InChI=1S/C15H23NO4/c1-3-19-12-8-4-5-9-13(12)20-11-7-6-10-15(2,16)14(17)18/h4-5,8-9H,3,6-7,10-11,16H2,1-2H3,(H,17,18). The summed E-state index contributed by atoms with van der Waals surface area (Å²) in [7, 11) is 0. The van der Waals surface area contributed by atoms with Crippen LogP contribution in [-0.4, -0.2) is 29.8 Å². The molecule has 1 aromatic carbocycles. The fourth-order valence-electron chi connectivity index (χ4n) is 1.73. The Labute approximate surface area is 119 Å². The minimum atomic E-state index is -1.16. The maximum Gasteiger partial charge on any atom is 0.323 e. The number of carboxylic acids is 1. The number of ether oxygens (including phenoxy) is 2. The number of hydrogen-bond acceptors (Lipinski definition) is 4. The van der Waals surface area contributed by atoms with Crippen molar-refractivity contribution in [3.8, 4) is 11.5 Å². The van der Waals surface area contributed by atoms with Crippen molar-refractivity contribution in [2.45, 2.75) is 38.6 Å². The number of rotatable bonds is 9. The maximum atomic E-state index is 10.9. The van der Waals surface area contributed by atoms with Gasteiger partial charge in [0.25, 0.3) is 0 Å². The van der Waals surface area contributed by atoms with E-state index in [0.717, 1.165) is 12.2 Å². The average molecular weight is 281 g/mol. The Morgan fingerprint density at radius 1 is 1.25 bits per heavy atom. The second-order valence-corrected chi connectivity index (χ2v) is 4.91. The van der Waals surface area contributed by atoms with E-state index in [4.69, 9.17) is 20.3 Å². The summed E-state index contributed by atoms with van der Waals surface area (Å²) in [5.74, 6) is 0.465. The fourth-order valence-corrected chi connectivity index (χ4v) is 1.73. The second-order valence-electron chi connectivity index (χ2n) is 4.91. The first-order valence-electron chi connectivity index (χ1n) is 6.84. The highest BCUT2D eigenvalue weighted by molar-refractivity contribution is 5.77. The van der Waals surface area contributed by atoms with Gasteiger partial charge in [-0.15, -0.1) is 0 Å². The molecule has 3 N–H and O–H groups in total. The number of unbranched alkanes of at least 4 members (excludes halogenated alkanes) is 1. The van der Waals surface area contributed by atoms with Crippen LogP contribution in [0.4, 0.5) is 0 Å². The van der Waals surface area contributed by atoms with E-state index in [9.17, 15) is 4.79 Å². The minimum Gasteiger partial charge on any atom is -0.490 e. The molecule has 0 fully saturated rings. The van der Waals surface area contributed by atoms with E-state index in [1.54, 1.807) is 0 Å². The van der Waals surface area contributed by atoms with Gasteiger partial charge in [-0.3, -0.25) is 4.79 Å². The summed E-state index contributed by atoms with van der Waals surface area (Å²) in [6.07, 6.45) is 1.88. The molecule has 0 aliphatic carbocycles. The van der Waals surface area contributed by atoms with E-state index in [1.807, 2.05) is 31.2 Å². The van der Waals surface area contributed by atoms with Gasteiger partial charge in [-0.2, -0.15) is 0 Å². The van der Waals surface area contributed by atoms with Crippen LogP contribution in [0.1, 0.15) is 33.1 Å². The zero-order valence-corrected chi connectivity index (χ0v) is 12.1.